The minimum Gasteiger partial charge on any atom is -0.295 e. The summed E-state index contributed by atoms with van der Waals surface area (Å²) in [5.74, 6) is 0. The molecule has 2 heteroatoms. The highest BCUT2D eigenvalue weighted by molar-refractivity contribution is 5.68. The summed E-state index contributed by atoms with van der Waals surface area (Å²) >= 11 is 0. The van der Waals surface area contributed by atoms with Crippen molar-refractivity contribution in [3.05, 3.63) is 73.1 Å². The van der Waals surface area contributed by atoms with Gasteiger partial charge in [0.05, 0.1) is 0 Å². The minimum absolute atomic E-state index is 0.926. The summed E-state index contributed by atoms with van der Waals surface area (Å²) in [5, 5.41) is 0. The van der Waals surface area contributed by atoms with Crippen LogP contribution in [0, 0.1) is 6.07 Å². The van der Waals surface area contributed by atoms with Crippen molar-refractivity contribution >= 4 is 0 Å². The molecule has 18 heavy (non-hydrogen) atoms. The number of rotatable bonds is 2. The summed E-state index contributed by atoms with van der Waals surface area (Å²) in [6, 6.07) is 21.1. The zero-order valence-electron chi connectivity index (χ0n) is 9.75. The molecule has 0 amide bonds. The SMILES string of the molecule is [c-]1c(-c2ccccn2)cccc1-c1ccccn1. The molecular formula is C16H11N2-. The van der Waals surface area contributed by atoms with Gasteiger partial charge in [-0.3, -0.25) is 9.97 Å². The van der Waals surface area contributed by atoms with Crippen molar-refractivity contribution in [2.45, 2.75) is 0 Å². The standard InChI is InChI=1S/C16H11N2/c1-3-10-17-15(8-1)13-6-5-7-14(12-13)16-9-2-4-11-18-16/h1-11H/q-1. The molecule has 0 saturated carbocycles. The van der Waals surface area contributed by atoms with Crippen LogP contribution in [-0.4, -0.2) is 9.97 Å². The molecule has 0 aliphatic heterocycles. The van der Waals surface area contributed by atoms with E-state index in [4.69, 9.17) is 0 Å². The monoisotopic (exact) mass is 231 g/mol. The summed E-state index contributed by atoms with van der Waals surface area (Å²) in [4.78, 5) is 8.66. The van der Waals surface area contributed by atoms with Gasteiger partial charge in [-0.25, -0.2) is 0 Å². The first-order valence-electron chi connectivity index (χ1n) is 5.78. The lowest BCUT2D eigenvalue weighted by atomic mass is 10.1. The Balaban J connectivity index is 2.05. The molecule has 0 saturated heterocycles. The van der Waals surface area contributed by atoms with Gasteiger partial charge in [0.2, 0.25) is 0 Å². The fourth-order valence-corrected chi connectivity index (χ4v) is 1.81. The van der Waals surface area contributed by atoms with Crippen LogP contribution in [-0.2, 0) is 0 Å². The van der Waals surface area contributed by atoms with Gasteiger partial charge in [0, 0.05) is 23.8 Å². The fraction of sp³-hybridized carbons (Fsp3) is 0. The van der Waals surface area contributed by atoms with E-state index in [9.17, 15) is 0 Å². The van der Waals surface area contributed by atoms with Gasteiger partial charge in [0.15, 0.2) is 0 Å². The molecule has 0 fully saturated rings. The molecule has 3 aromatic rings. The highest BCUT2D eigenvalue weighted by atomic mass is 14.7. The van der Waals surface area contributed by atoms with Crippen LogP contribution in [0.25, 0.3) is 22.5 Å². The normalized spacial score (nSPS) is 10.2. The third kappa shape index (κ3) is 2.13. The van der Waals surface area contributed by atoms with E-state index in [2.05, 4.69) is 16.0 Å². The summed E-state index contributed by atoms with van der Waals surface area (Å²) in [7, 11) is 0. The number of aromatic nitrogens is 2. The van der Waals surface area contributed by atoms with Crippen LogP contribution < -0.4 is 0 Å². The zero-order valence-corrected chi connectivity index (χ0v) is 9.75. The van der Waals surface area contributed by atoms with Crippen LogP contribution in [0.1, 0.15) is 0 Å². The predicted octanol–water partition coefficient (Wildman–Crippen LogP) is 3.61. The molecule has 0 aliphatic rings. The van der Waals surface area contributed by atoms with E-state index >= 15 is 0 Å². The largest absolute Gasteiger partial charge is 0.295 e. The second-order valence-electron chi connectivity index (χ2n) is 3.91. The maximum Gasteiger partial charge on any atom is 0.0183 e. The summed E-state index contributed by atoms with van der Waals surface area (Å²) in [5.41, 5.74) is 3.82. The highest BCUT2D eigenvalue weighted by Gasteiger charge is 1.95. The second-order valence-corrected chi connectivity index (χ2v) is 3.91. The van der Waals surface area contributed by atoms with Crippen LogP contribution in [0.4, 0.5) is 0 Å². The molecule has 0 radical (unpaired) electrons. The van der Waals surface area contributed by atoms with Crippen LogP contribution in [0.3, 0.4) is 0 Å². The van der Waals surface area contributed by atoms with Crippen molar-refractivity contribution in [2.24, 2.45) is 0 Å². The van der Waals surface area contributed by atoms with E-state index in [0.717, 1.165) is 22.5 Å². The Hall–Kier alpha value is -2.48. The van der Waals surface area contributed by atoms with E-state index < -0.39 is 0 Å². The van der Waals surface area contributed by atoms with Crippen LogP contribution in [0.15, 0.2) is 67.0 Å². The Morgan fingerprint density at radius 3 is 1.61 bits per heavy atom. The molecule has 2 nitrogen and oxygen atoms in total. The Morgan fingerprint density at radius 2 is 1.17 bits per heavy atom. The van der Waals surface area contributed by atoms with Crippen LogP contribution in [0.5, 0.6) is 0 Å². The molecule has 0 spiro atoms. The topological polar surface area (TPSA) is 25.8 Å². The number of benzene rings is 1. The second kappa shape index (κ2) is 4.80. The number of hydrogen-bond donors (Lipinski definition) is 0. The molecule has 1 aromatic carbocycles. The lowest BCUT2D eigenvalue weighted by molar-refractivity contribution is 1.31. The lowest BCUT2D eigenvalue weighted by Gasteiger charge is -2.11. The van der Waals surface area contributed by atoms with Crippen molar-refractivity contribution in [1.29, 1.82) is 0 Å². The van der Waals surface area contributed by atoms with Crippen molar-refractivity contribution in [3.63, 3.8) is 0 Å². The number of pyridine rings is 2. The molecule has 0 unspecified atom stereocenters. The van der Waals surface area contributed by atoms with Gasteiger partial charge in [-0.1, -0.05) is 35.4 Å². The highest BCUT2D eigenvalue weighted by Crippen LogP contribution is 2.22. The predicted molar refractivity (Wildman–Crippen MR) is 71.7 cm³/mol. The summed E-state index contributed by atoms with van der Waals surface area (Å²) in [6.07, 6.45) is 3.58. The molecule has 2 heterocycles. The van der Waals surface area contributed by atoms with Crippen molar-refractivity contribution in [2.75, 3.05) is 0 Å². The Kier molecular flexibility index (Phi) is 2.84. The van der Waals surface area contributed by atoms with Gasteiger partial charge in [-0.2, -0.15) is 0 Å². The zero-order chi connectivity index (χ0) is 12.2. The first-order chi connectivity index (χ1) is 8.93. The van der Waals surface area contributed by atoms with Gasteiger partial charge in [-0.05, 0) is 12.1 Å². The maximum atomic E-state index is 4.33. The maximum absolute atomic E-state index is 4.33. The van der Waals surface area contributed by atoms with Gasteiger partial charge in [0.1, 0.15) is 0 Å². The van der Waals surface area contributed by atoms with Crippen molar-refractivity contribution in [1.82, 2.24) is 9.97 Å². The van der Waals surface area contributed by atoms with Crippen LogP contribution >= 0.6 is 0 Å². The van der Waals surface area contributed by atoms with Gasteiger partial charge < -0.3 is 0 Å². The van der Waals surface area contributed by atoms with E-state index in [0.29, 0.717) is 0 Å². The Morgan fingerprint density at radius 1 is 0.611 bits per heavy atom. The van der Waals surface area contributed by atoms with Gasteiger partial charge in [0.25, 0.3) is 0 Å². The molecule has 0 bridgehead atoms. The third-order valence-electron chi connectivity index (χ3n) is 2.68. The number of hydrogen-bond acceptors (Lipinski definition) is 2. The lowest BCUT2D eigenvalue weighted by Crippen LogP contribution is -1.86. The minimum atomic E-state index is 0.926. The Labute approximate surface area is 106 Å². The molecule has 0 N–H and O–H groups in total. The van der Waals surface area contributed by atoms with Gasteiger partial charge in [-0.15, -0.1) is 24.3 Å². The number of nitrogens with zero attached hydrogens (tertiary/aromatic N) is 2. The average molecular weight is 231 g/mol. The average Bonchev–Trinajstić information content (AvgIpc) is 2.49. The smallest absolute Gasteiger partial charge is 0.0183 e. The molecule has 86 valence electrons. The molecule has 2 aromatic heterocycles. The van der Waals surface area contributed by atoms with E-state index in [-0.39, 0.29) is 0 Å². The molecule has 0 aliphatic carbocycles. The summed E-state index contributed by atoms with van der Waals surface area (Å²) in [6.45, 7) is 0. The first-order valence-corrected chi connectivity index (χ1v) is 5.78. The van der Waals surface area contributed by atoms with E-state index in [1.807, 2.05) is 54.6 Å². The fourth-order valence-electron chi connectivity index (χ4n) is 1.81. The first kappa shape index (κ1) is 10.7. The van der Waals surface area contributed by atoms with Crippen molar-refractivity contribution < 1.29 is 0 Å². The van der Waals surface area contributed by atoms with Gasteiger partial charge >= 0.3 is 0 Å². The third-order valence-corrected chi connectivity index (χ3v) is 2.68. The Bertz CT molecular complexity index is 579. The van der Waals surface area contributed by atoms with E-state index in [1.54, 1.807) is 12.4 Å². The van der Waals surface area contributed by atoms with Crippen molar-refractivity contribution in [3.8, 4) is 22.5 Å². The molecule has 3 rings (SSSR count). The molecule has 0 atom stereocenters. The van der Waals surface area contributed by atoms with Crippen LogP contribution in [0.2, 0.25) is 0 Å². The summed E-state index contributed by atoms with van der Waals surface area (Å²) < 4.78 is 0. The van der Waals surface area contributed by atoms with E-state index in [1.165, 1.54) is 0 Å². The quantitative estimate of drug-likeness (QED) is 0.630. The molecular weight excluding hydrogens is 220 g/mol.